The summed E-state index contributed by atoms with van der Waals surface area (Å²) in [6, 6.07) is 4.10. The summed E-state index contributed by atoms with van der Waals surface area (Å²) in [5.74, 6) is 0.711. The van der Waals surface area contributed by atoms with E-state index in [0.29, 0.717) is 5.75 Å². The van der Waals surface area contributed by atoms with Crippen molar-refractivity contribution < 1.29 is 14.1 Å². The second-order valence-electron chi connectivity index (χ2n) is 5.74. The van der Waals surface area contributed by atoms with E-state index in [0.717, 1.165) is 23.2 Å². The van der Waals surface area contributed by atoms with Gasteiger partial charge in [-0.2, -0.15) is 4.79 Å². The summed E-state index contributed by atoms with van der Waals surface area (Å²) < 4.78 is 7.05. The SMILES string of the molecule is CC/C=[N+]1/C(=O)Oc2c1cc(C)cc2C(C)(C)C. The molecule has 0 unspecified atom stereocenters. The Kier molecular flexibility index (Phi) is 3.01. The van der Waals surface area contributed by atoms with E-state index in [4.69, 9.17) is 4.74 Å². The van der Waals surface area contributed by atoms with Crippen molar-refractivity contribution in [3.05, 3.63) is 23.3 Å². The zero-order valence-corrected chi connectivity index (χ0v) is 11.7. The van der Waals surface area contributed by atoms with Crippen molar-refractivity contribution in [2.45, 2.75) is 46.5 Å². The third kappa shape index (κ3) is 2.05. The molecule has 0 fully saturated rings. The lowest BCUT2D eigenvalue weighted by molar-refractivity contribution is -0.329. The minimum atomic E-state index is -0.303. The molecule has 1 aromatic carbocycles. The molecule has 1 amide bonds. The molecule has 3 nitrogen and oxygen atoms in total. The van der Waals surface area contributed by atoms with E-state index >= 15 is 0 Å². The Labute approximate surface area is 108 Å². The first kappa shape index (κ1) is 12.8. The molecule has 3 heteroatoms. The lowest BCUT2D eigenvalue weighted by Crippen LogP contribution is -2.14. The van der Waals surface area contributed by atoms with Gasteiger partial charge in [0.15, 0.2) is 6.21 Å². The molecule has 1 aromatic rings. The van der Waals surface area contributed by atoms with Crippen molar-refractivity contribution in [3.8, 4) is 5.75 Å². The van der Waals surface area contributed by atoms with Crippen molar-refractivity contribution >= 4 is 18.0 Å². The maximum atomic E-state index is 11.9. The van der Waals surface area contributed by atoms with E-state index in [1.807, 2.05) is 26.1 Å². The molecule has 0 N–H and O–H groups in total. The molecule has 18 heavy (non-hydrogen) atoms. The molecular weight excluding hydrogens is 226 g/mol. The molecular formula is C15H20NO2+. The Morgan fingerprint density at radius 1 is 1.33 bits per heavy atom. The van der Waals surface area contributed by atoms with E-state index in [-0.39, 0.29) is 11.5 Å². The molecule has 0 atom stereocenters. The van der Waals surface area contributed by atoms with Gasteiger partial charge in [-0.25, -0.2) is 0 Å². The van der Waals surface area contributed by atoms with Crippen LogP contribution in [0, 0.1) is 6.92 Å². The highest BCUT2D eigenvalue weighted by atomic mass is 16.6. The maximum Gasteiger partial charge on any atom is 0.608 e. The van der Waals surface area contributed by atoms with Crippen LogP contribution in [0.5, 0.6) is 5.75 Å². The predicted molar refractivity (Wildman–Crippen MR) is 72.2 cm³/mol. The summed E-state index contributed by atoms with van der Waals surface area (Å²) in [5, 5.41) is 0. The highest BCUT2D eigenvalue weighted by molar-refractivity contribution is 5.80. The summed E-state index contributed by atoms with van der Waals surface area (Å²) in [7, 11) is 0. The van der Waals surface area contributed by atoms with Crippen LogP contribution in [0.25, 0.3) is 0 Å². The largest absolute Gasteiger partial charge is 0.608 e. The van der Waals surface area contributed by atoms with Crippen molar-refractivity contribution in [3.63, 3.8) is 0 Å². The third-order valence-electron chi connectivity index (χ3n) is 3.03. The van der Waals surface area contributed by atoms with Gasteiger partial charge in [0.25, 0.3) is 5.69 Å². The lowest BCUT2D eigenvalue weighted by Gasteiger charge is -2.20. The van der Waals surface area contributed by atoms with Crippen LogP contribution < -0.4 is 4.74 Å². The zero-order chi connectivity index (χ0) is 13.5. The highest BCUT2D eigenvalue weighted by Gasteiger charge is 2.40. The standard InChI is InChI=1S/C15H20NO2/c1-6-7-16-12-9-10(2)8-11(15(3,4)5)13(12)18-14(16)17/h7-9H,6H2,1-5H3/q+1/b16-7+. The quantitative estimate of drug-likeness (QED) is 0.703. The van der Waals surface area contributed by atoms with Gasteiger partial charge < -0.3 is 4.74 Å². The topological polar surface area (TPSA) is 29.3 Å². The Hall–Kier alpha value is -1.64. The molecule has 1 heterocycles. The molecule has 0 aliphatic carbocycles. The Morgan fingerprint density at radius 2 is 2.00 bits per heavy atom. The number of hydrogen-bond acceptors (Lipinski definition) is 2. The Morgan fingerprint density at radius 3 is 2.56 bits per heavy atom. The van der Waals surface area contributed by atoms with Gasteiger partial charge in [-0.05, 0) is 17.9 Å². The molecule has 0 saturated heterocycles. The van der Waals surface area contributed by atoms with Gasteiger partial charge in [0.1, 0.15) is 0 Å². The molecule has 0 aromatic heterocycles. The first-order chi connectivity index (χ1) is 8.34. The molecule has 2 rings (SSSR count). The fraction of sp³-hybridized carbons (Fsp3) is 0.467. The predicted octanol–water partition coefficient (Wildman–Crippen LogP) is 3.93. The van der Waals surface area contributed by atoms with Crippen LogP contribution in [0.4, 0.5) is 10.5 Å². The lowest BCUT2D eigenvalue weighted by atomic mass is 9.85. The molecule has 0 bridgehead atoms. The second-order valence-corrected chi connectivity index (χ2v) is 5.74. The van der Waals surface area contributed by atoms with Crippen LogP contribution in [0.3, 0.4) is 0 Å². The van der Waals surface area contributed by atoms with Crippen LogP contribution >= 0.6 is 0 Å². The molecule has 1 aliphatic rings. The maximum absolute atomic E-state index is 11.9. The number of amides is 1. The molecule has 0 spiro atoms. The van der Waals surface area contributed by atoms with Crippen LogP contribution in [0.2, 0.25) is 0 Å². The van der Waals surface area contributed by atoms with E-state index in [2.05, 4.69) is 26.8 Å². The van der Waals surface area contributed by atoms with E-state index in [9.17, 15) is 4.79 Å². The van der Waals surface area contributed by atoms with Crippen LogP contribution in [-0.4, -0.2) is 16.9 Å². The van der Waals surface area contributed by atoms with Crippen LogP contribution in [0.15, 0.2) is 12.1 Å². The fourth-order valence-corrected chi connectivity index (χ4v) is 2.19. The summed E-state index contributed by atoms with van der Waals surface area (Å²) in [6.07, 6.45) is 2.36. The summed E-state index contributed by atoms with van der Waals surface area (Å²) in [5.41, 5.74) is 3.05. The average Bonchev–Trinajstić information content (AvgIpc) is 2.54. The van der Waals surface area contributed by atoms with Crippen molar-refractivity contribution in [1.82, 2.24) is 0 Å². The zero-order valence-electron chi connectivity index (χ0n) is 11.7. The van der Waals surface area contributed by atoms with E-state index < -0.39 is 0 Å². The van der Waals surface area contributed by atoms with Gasteiger partial charge in [0.05, 0.1) is 0 Å². The molecule has 0 saturated carbocycles. The summed E-state index contributed by atoms with van der Waals surface area (Å²) >= 11 is 0. The van der Waals surface area contributed by atoms with Crippen LogP contribution in [-0.2, 0) is 5.41 Å². The van der Waals surface area contributed by atoms with Crippen LogP contribution in [0.1, 0.15) is 45.2 Å². The number of carbonyl (C=O) groups is 1. The number of benzene rings is 1. The number of aryl methyl sites for hydroxylation is 1. The monoisotopic (exact) mass is 246 g/mol. The van der Waals surface area contributed by atoms with Gasteiger partial charge in [0, 0.05) is 18.1 Å². The summed E-state index contributed by atoms with van der Waals surface area (Å²) in [4.78, 5) is 11.9. The molecule has 0 radical (unpaired) electrons. The third-order valence-corrected chi connectivity index (χ3v) is 3.03. The number of nitrogens with zero attached hydrogens (tertiary/aromatic N) is 1. The number of carbonyl (C=O) groups excluding carboxylic acids is 1. The molecule has 1 aliphatic heterocycles. The van der Waals surface area contributed by atoms with Gasteiger partial charge in [-0.15, -0.1) is 0 Å². The van der Waals surface area contributed by atoms with Gasteiger partial charge in [-0.3, -0.25) is 0 Å². The first-order valence-corrected chi connectivity index (χ1v) is 6.34. The first-order valence-electron chi connectivity index (χ1n) is 6.34. The number of rotatable bonds is 1. The Balaban J connectivity index is 2.69. The van der Waals surface area contributed by atoms with Gasteiger partial charge >= 0.3 is 6.09 Å². The second kappa shape index (κ2) is 4.23. The van der Waals surface area contributed by atoms with Crippen molar-refractivity contribution in [2.75, 3.05) is 0 Å². The van der Waals surface area contributed by atoms with E-state index in [1.54, 1.807) is 4.58 Å². The Bertz CT molecular complexity index is 536. The van der Waals surface area contributed by atoms with Crippen molar-refractivity contribution in [2.24, 2.45) is 0 Å². The van der Waals surface area contributed by atoms with Crippen molar-refractivity contribution in [1.29, 1.82) is 0 Å². The van der Waals surface area contributed by atoms with Gasteiger partial charge in [-0.1, -0.05) is 38.3 Å². The average molecular weight is 246 g/mol. The van der Waals surface area contributed by atoms with E-state index in [1.165, 1.54) is 0 Å². The molecule has 96 valence electrons. The fourth-order valence-electron chi connectivity index (χ4n) is 2.19. The number of ether oxygens (including phenoxy) is 1. The minimum absolute atomic E-state index is 0.0430. The van der Waals surface area contributed by atoms with Gasteiger partial charge in [0.2, 0.25) is 5.75 Å². The number of fused-ring (bicyclic) bond motifs is 1. The minimum Gasteiger partial charge on any atom is -0.365 e. The number of hydrogen-bond donors (Lipinski definition) is 0. The normalized spacial score (nSPS) is 16.9. The summed E-state index contributed by atoms with van der Waals surface area (Å²) in [6.45, 7) is 10.4. The smallest absolute Gasteiger partial charge is 0.365 e. The highest BCUT2D eigenvalue weighted by Crippen LogP contribution is 2.43.